The Hall–Kier alpha value is -2.51. The van der Waals surface area contributed by atoms with Crippen LogP contribution in [0, 0.1) is 12.3 Å². The predicted octanol–water partition coefficient (Wildman–Crippen LogP) is 1.75. The van der Waals surface area contributed by atoms with Gasteiger partial charge in [0, 0.05) is 25.1 Å². The zero-order chi connectivity index (χ0) is 16.9. The van der Waals surface area contributed by atoms with Gasteiger partial charge in [-0.25, -0.2) is 14.4 Å². The molecule has 2 fully saturated rings. The van der Waals surface area contributed by atoms with Gasteiger partial charge < -0.3 is 10.0 Å². The number of rotatable bonds is 3. The van der Waals surface area contributed by atoms with E-state index in [0.717, 1.165) is 5.82 Å². The molecule has 3 heterocycles. The van der Waals surface area contributed by atoms with Crippen LogP contribution in [0.4, 0.5) is 10.3 Å². The monoisotopic (exact) mass is 331 g/mol. The van der Waals surface area contributed by atoms with Crippen molar-refractivity contribution < 1.29 is 14.3 Å². The molecule has 4 rings (SSSR count). The van der Waals surface area contributed by atoms with Gasteiger partial charge in [0.25, 0.3) is 0 Å². The summed E-state index contributed by atoms with van der Waals surface area (Å²) >= 11 is 0. The number of alkyl halides is 1. The van der Waals surface area contributed by atoms with E-state index >= 15 is 4.39 Å². The summed E-state index contributed by atoms with van der Waals surface area (Å²) in [5.41, 5.74) is -3.07. The summed E-state index contributed by atoms with van der Waals surface area (Å²) in [6.07, 6.45) is 6.30. The predicted molar refractivity (Wildman–Crippen MR) is 83.9 cm³/mol. The van der Waals surface area contributed by atoms with E-state index in [1.54, 1.807) is 34.1 Å². The summed E-state index contributed by atoms with van der Waals surface area (Å²) in [7, 11) is 0. The van der Waals surface area contributed by atoms with Gasteiger partial charge in [-0.2, -0.15) is 4.98 Å². The lowest BCUT2D eigenvalue weighted by Crippen LogP contribution is -2.45. The maximum Gasteiger partial charge on any atom is 0.314 e. The number of aryl methyl sites for hydroxylation is 1. The van der Waals surface area contributed by atoms with Crippen LogP contribution in [-0.2, 0) is 4.79 Å². The van der Waals surface area contributed by atoms with Crippen LogP contribution in [0.1, 0.15) is 25.1 Å². The highest BCUT2D eigenvalue weighted by Crippen LogP contribution is 2.54. The van der Waals surface area contributed by atoms with Crippen LogP contribution in [0.15, 0.2) is 24.7 Å². The molecule has 0 spiro atoms. The fourth-order valence-electron chi connectivity index (χ4n) is 4.02. The molecule has 1 saturated heterocycles. The molecule has 2 aromatic rings. The molecule has 24 heavy (non-hydrogen) atoms. The molecule has 2 aliphatic rings. The molecule has 1 aliphatic heterocycles. The number of nitrogens with zero attached hydrogens (tertiary/aromatic N) is 5. The lowest BCUT2D eigenvalue weighted by atomic mass is 9.78. The molecule has 2 atom stereocenters. The third-order valence-corrected chi connectivity index (χ3v) is 5.33. The van der Waals surface area contributed by atoms with Crippen LogP contribution >= 0.6 is 0 Å². The van der Waals surface area contributed by atoms with Crippen molar-refractivity contribution in [2.75, 3.05) is 18.0 Å². The van der Waals surface area contributed by atoms with E-state index < -0.39 is 17.1 Å². The number of imidazole rings is 1. The van der Waals surface area contributed by atoms with Gasteiger partial charge in [-0.05, 0) is 32.3 Å². The van der Waals surface area contributed by atoms with E-state index in [1.165, 1.54) is 0 Å². The van der Waals surface area contributed by atoms with Gasteiger partial charge in [0.15, 0.2) is 0 Å². The number of hydrogen-bond donors (Lipinski definition) is 1. The first-order valence-electron chi connectivity index (χ1n) is 7.96. The van der Waals surface area contributed by atoms with E-state index in [9.17, 15) is 9.90 Å². The highest BCUT2D eigenvalue weighted by atomic mass is 19.1. The molecular formula is C16H18FN5O2. The minimum atomic E-state index is -1.72. The quantitative estimate of drug-likeness (QED) is 0.922. The van der Waals surface area contributed by atoms with Crippen molar-refractivity contribution in [1.29, 1.82) is 0 Å². The Balaban J connectivity index is 1.69. The molecule has 0 amide bonds. The van der Waals surface area contributed by atoms with Crippen molar-refractivity contribution in [2.24, 2.45) is 5.41 Å². The largest absolute Gasteiger partial charge is 0.481 e. The smallest absolute Gasteiger partial charge is 0.314 e. The molecule has 8 heteroatoms. The minimum Gasteiger partial charge on any atom is -0.481 e. The minimum absolute atomic E-state index is 0.0195. The number of aromatic nitrogens is 4. The first kappa shape index (κ1) is 15.0. The number of aliphatic carboxylic acids is 1. The van der Waals surface area contributed by atoms with E-state index in [-0.39, 0.29) is 19.5 Å². The maximum absolute atomic E-state index is 15.3. The summed E-state index contributed by atoms with van der Waals surface area (Å²) in [5, 5.41) is 9.63. The van der Waals surface area contributed by atoms with Gasteiger partial charge in [-0.1, -0.05) is 0 Å². The summed E-state index contributed by atoms with van der Waals surface area (Å²) in [6, 6.07) is 1.74. The fraction of sp³-hybridized carbons (Fsp3) is 0.500. The normalized spacial score (nSPS) is 29.0. The van der Waals surface area contributed by atoms with Crippen molar-refractivity contribution in [3.05, 3.63) is 30.5 Å². The number of anilines is 1. The maximum atomic E-state index is 15.3. The summed E-state index contributed by atoms with van der Waals surface area (Å²) < 4.78 is 17.1. The standard InChI is InChI=1S/C16H18FN5O2/c1-11-18-7-8-22(11)12-3-6-19-14(20-12)21-9-15(13(23)24)4-2-5-16(15,17)10-21/h3,6-8H,2,4-5,9-10H2,1H3,(H,23,24)/t15-,16-/m0/s1. The first-order valence-corrected chi connectivity index (χ1v) is 7.96. The van der Waals surface area contributed by atoms with Crippen LogP contribution in [0.25, 0.3) is 5.82 Å². The second-order valence-electron chi connectivity index (χ2n) is 6.62. The third kappa shape index (κ3) is 1.95. The van der Waals surface area contributed by atoms with Crippen LogP contribution < -0.4 is 4.90 Å². The van der Waals surface area contributed by atoms with Gasteiger partial charge in [0.05, 0.1) is 6.54 Å². The average Bonchev–Trinajstić information content (AvgIpc) is 3.18. The van der Waals surface area contributed by atoms with E-state index in [2.05, 4.69) is 15.0 Å². The molecule has 0 unspecified atom stereocenters. The first-order chi connectivity index (χ1) is 11.5. The highest BCUT2D eigenvalue weighted by molar-refractivity contribution is 5.79. The van der Waals surface area contributed by atoms with Crippen LogP contribution in [0.3, 0.4) is 0 Å². The lowest BCUT2D eigenvalue weighted by Gasteiger charge is -2.27. The van der Waals surface area contributed by atoms with Gasteiger partial charge in [-0.3, -0.25) is 9.36 Å². The third-order valence-electron chi connectivity index (χ3n) is 5.33. The lowest BCUT2D eigenvalue weighted by molar-refractivity contribution is -0.153. The molecule has 1 saturated carbocycles. The topological polar surface area (TPSA) is 84.1 Å². The number of halogens is 1. The highest BCUT2D eigenvalue weighted by Gasteiger charge is 2.66. The zero-order valence-electron chi connectivity index (χ0n) is 13.3. The number of carboxylic acid groups (broad SMARTS) is 1. The molecule has 7 nitrogen and oxygen atoms in total. The Bertz CT molecular complexity index is 809. The molecule has 1 N–H and O–H groups in total. The number of hydrogen-bond acceptors (Lipinski definition) is 5. The summed E-state index contributed by atoms with van der Waals surface area (Å²) in [6.45, 7) is 1.98. The molecular weight excluding hydrogens is 313 g/mol. The van der Waals surface area contributed by atoms with Gasteiger partial charge >= 0.3 is 5.97 Å². The SMILES string of the molecule is Cc1nccn1-c1ccnc(N2C[C@@]3(F)CCC[C@@]3(C(=O)O)C2)n1. The summed E-state index contributed by atoms with van der Waals surface area (Å²) in [4.78, 5) is 26.3. The Morgan fingerprint density at radius 1 is 1.29 bits per heavy atom. The van der Waals surface area contributed by atoms with Crippen molar-refractivity contribution >= 4 is 11.9 Å². The zero-order valence-corrected chi connectivity index (χ0v) is 13.3. The van der Waals surface area contributed by atoms with Gasteiger partial charge in [0.2, 0.25) is 5.95 Å². The second-order valence-corrected chi connectivity index (χ2v) is 6.62. The molecule has 0 aromatic carbocycles. The number of carbonyl (C=O) groups is 1. The summed E-state index contributed by atoms with van der Waals surface area (Å²) in [5.74, 6) is 0.700. The average molecular weight is 331 g/mol. The molecule has 1 aliphatic carbocycles. The van der Waals surface area contributed by atoms with Crippen molar-refractivity contribution in [3.8, 4) is 5.82 Å². The van der Waals surface area contributed by atoms with Gasteiger partial charge in [-0.15, -0.1) is 0 Å². The second kappa shape index (κ2) is 4.99. The molecule has 0 bridgehead atoms. The van der Waals surface area contributed by atoms with E-state index in [1.807, 2.05) is 6.92 Å². The van der Waals surface area contributed by atoms with E-state index in [4.69, 9.17) is 0 Å². The Morgan fingerprint density at radius 3 is 2.79 bits per heavy atom. The molecule has 2 aromatic heterocycles. The van der Waals surface area contributed by atoms with E-state index in [0.29, 0.717) is 24.6 Å². The fourth-order valence-corrected chi connectivity index (χ4v) is 4.02. The Kier molecular flexibility index (Phi) is 3.13. The Labute approximate surface area is 138 Å². The van der Waals surface area contributed by atoms with Crippen LogP contribution in [0.2, 0.25) is 0 Å². The van der Waals surface area contributed by atoms with Crippen molar-refractivity contribution in [3.63, 3.8) is 0 Å². The number of carboxylic acids is 1. The molecule has 0 radical (unpaired) electrons. The van der Waals surface area contributed by atoms with Gasteiger partial charge in [0.1, 0.15) is 22.7 Å². The van der Waals surface area contributed by atoms with Crippen LogP contribution in [0.5, 0.6) is 0 Å². The van der Waals surface area contributed by atoms with Crippen molar-refractivity contribution in [1.82, 2.24) is 19.5 Å². The molecule has 126 valence electrons. The Morgan fingerprint density at radius 2 is 2.12 bits per heavy atom. The van der Waals surface area contributed by atoms with Crippen molar-refractivity contribution in [2.45, 2.75) is 31.9 Å². The number of fused-ring (bicyclic) bond motifs is 1. The van der Waals surface area contributed by atoms with Crippen LogP contribution in [-0.4, -0.2) is 49.4 Å².